The molecule has 0 bridgehead atoms. The normalized spacial score (nSPS) is 18.5. The lowest BCUT2D eigenvalue weighted by atomic mass is 9.89. The molecule has 1 saturated carbocycles. The minimum atomic E-state index is 0.831. The van der Waals surface area contributed by atoms with Crippen LogP contribution in [0.5, 0.6) is 0 Å². The minimum Gasteiger partial charge on any atom is -0.321 e. The van der Waals surface area contributed by atoms with E-state index in [0.717, 1.165) is 17.9 Å². The van der Waals surface area contributed by atoms with Gasteiger partial charge >= 0.3 is 0 Å². The van der Waals surface area contributed by atoms with Gasteiger partial charge in [-0.3, -0.25) is 0 Å². The first-order valence-corrected chi connectivity index (χ1v) is 8.86. The van der Waals surface area contributed by atoms with E-state index >= 15 is 0 Å². The average Bonchev–Trinajstić information content (AvgIpc) is 2.35. The smallest absolute Gasteiger partial charge is 0.0890 e. The molecular formula is C18H38N+. The molecule has 1 aliphatic carbocycles. The molecule has 0 aromatic rings. The zero-order valence-electron chi connectivity index (χ0n) is 14.3. The van der Waals surface area contributed by atoms with Crippen LogP contribution in [0.3, 0.4) is 0 Å². The van der Waals surface area contributed by atoms with Crippen LogP contribution >= 0.6 is 0 Å². The molecule has 0 spiro atoms. The molecule has 1 aliphatic rings. The predicted molar refractivity (Wildman–Crippen MR) is 86.3 cm³/mol. The van der Waals surface area contributed by atoms with E-state index in [1.165, 1.54) is 69.1 Å². The SMILES string of the molecule is CCCC[N+](CC(C)C)(CC(C)C)C1CCCCC1. The quantitative estimate of drug-likeness (QED) is 0.528. The lowest BCUT2D eigenvalue weighted by Crippen LogP contribution is -2.59. The molecule has 0 heterocycles. The fourth-order valence-corrected chi connectivity index (χ4v) is 4.29. The molecule has 0 aliphatic heterocycles. The molecular weight excluding hydrogens is 230 g/mol. The van der Waals surface area contributed by atoms with E-state index in [-0.39, 0.29) is 0 Å². The lowest BCUT2D eigenvalue weighted by molar-refractivity contribution is -0.957. The molecule has 0 saturated heterocycles. The summed E-state index contributed by atoms with van der Waals surface area (Å²) in [5, 5.41) is 0. The number of hydrogen-bond acceptors (Lipinski definition) is 0. The second kappa shape index (κ2) is 8.29. The summed E-state index contributed by atoms with van der Waals surface area (Å²) in [4.78, 5) is 0. The Balaban J connectivity index is 2.85. The van der Waals surface area contributed by atoms with Gasteiger partial charge in [0, 0.05) is 11.8 Å². The highest BCUT2D eigenvalue weighted by molar-refractivity contribution is 4.69. The van der Waals surface area contributed by atoms with Crippen LogP contribution in [0, 0.1) is 11.8 Å². The Morgan fingerprint density at radius 1 is 0.895 bits per heavy atom. The van der Waals surface area contributed by atoms with Crippen LogP contribution in [-0.2, 0) is 0 Å². The highest BCUT2D eigenvalue weighted by Gasteiger charge is 2.38. The molecule has 0 atom stereocenters. The Hall–Kier alpha value is -0.0400. The van der Waals surface area contributed by atoms with Crippen LogP contribution in [0.1, 0.15) is 79.6 Å². The van der Waals surface area contributed by atoms with Gasteiger partial charge in [0.05, 0.1) is 25.7 Å². The number of quaternary nitrogens is 1. The van der Waals surface area contributed by atoms with Gasteiger partial charge in [-0.1, -0.05) is 47.5 Å². The van der Waals surface area contributed by atoms with Gasteiger partial charge in [-0.15, -0.1) is 0 Å². The van der Waals surface area contributed by atoms with Crippen molar-refractivity contribution in [2.24, 2.45) is 11.8 Å². The second-order valence-corrected chi connectivity index (χ2v) is 7.74. The van der Waals surface area contributed by atoms with Crippen molar-refractivity contribution in [2.75, 3.05) is 19.6 Å². The van der Waals surface area contributed by atoms with Crippen LogP contribution in [-0.4, -0.2) is 30.2 Å². The summed E-state index contributed by atoms with van der Waals surface area (Å²) in [6.07, 6.45) is 10.2. The van der Waals surface area contributed by atoms with Crippen molar-refractivity contribution in [1.82, 2.24) is 0 Å². The Morgan fingerprint density at radius 2 is 1.42 bits per heavy atom. The second-order valence-electron chi connectivity index (χ2n) is 7.74. The van der Waals surface area contributed by atoms with Crippen molar-refractivity contribution in [2.45, 2.75) is 85.6 Å². The average molecular weight is 269 g/mol. The Labute approximate surface area is 122 Å². The molecule has 0 aromatic carbocycles. The molecule has 0 N–H and O–H groups in total. The summed E-state index contributed by atoms with van der Waals surface area (Å²) >= 11 is 0. The summed E-state index contributed by atoms with van der Waals surface area (Å²) in [6, 6.07) is 0.963. The minimum absolute atomic E-state index is 0.831. The third-order valence-electron chi connectivity index (χ3n) is 4.76. The van der Waals surface area contributed by atoms with E-state index in [9.17, 15) is 0 Å². The topological polar surface area (TPSA) is 0 Å². The van der Waals surface area contributed by atoms with Gasteiger partial charge in [-0.25, -0.2) is 0 Å². The van der Waals surface area contributed by atoms with Crippen LogP contribution in [0.4, 0.5) is 0 Å². The van der Waals surface area contributed by atoms with E-state index in [4.69, 9.17) is 0 Å². The molecule has 0 amide bonds. The number of hydrogen-bond donors (Lipinski definition) is 0. The predicted octanol–water partition coefficient (Wildman–Crippen LogP) is 5.25. The molecule has 0 radical (unpaired) electrons. The zero-order chi connectivity index (χ0) is 14.3. The van der Waals surface area contributed by atoms with Crippen molar-refractivity contribution >= 4 is 0 Å². The van der Waals surface area contributed by atoms with Gasteiger partial charge in [0.2, 0.25) is 0 Å². The number of unbranched alkanes of at least 4 members (excludes halogenated alkanes) is 1. The fraction of sp³-hybridized carbons (Fsp3) is 1.00. The maximum atomic E-state index is 2.42. The molecule has 114 valence electrons. The monoisotopic (exact) mass is 268 g/mol. The van der Waals surface area contributed by atoms with Crippen LogP contribution < -0.4 is 0 Å². The summed E-state index contributed by atoms with van der Waals surface area (Å²) < 4.78 is 1.43. The molecule has 1 fully saturated rings. The van der Waals surface area contributed by atoms with Crippen LogP contribution in [0.25, 0.3) is 0 Å². The number of nitrogens with zero attached hydrogens (tertiary/aromatic N) is 1. The van der Waals surface area contributed by atoms with E-state index in [0.29, 0.717) is 0 Å². The summed E-state index contributed by atoms with van der Waals surface area (Å²) in [6.45, 7) is 16.3. The van der Waals surface area contributed by atoms with Gasteiger partial charge in [-0.2, -0.15) is 0 Å². The van der Waals surface area contributed by atoms with Crippen LogP contribution in [0.15, 0.2) is 0 Å². The zero-order valence-corrected chi connectivity index (χ0v) is 14.3. The van der Waals surface area contributed by atoms with Gasteiger partial charge in [0.15, 0.2) is 0 Å². The first kappa shape index (κ1) is 17.0. The van der Waals surface area contributed by atoms with Gasteiger partial charge in [0.25, 0.3) is 0 Å². The Kier molecular flexibility index (Phi) is 7.42. The van der Waals surface area contributed by atoms with Crippen LogP contribution in [0.2, 0.25) is 0 Å². The summed E-state index contributed by atoms with van der Waals surface area (Å²) in [5.74, 6) is 1.66. The highest BCUT2D eigenvalue weighted by atomic mass is 15.4. The third-order valence-corrected chi connectivity index (χ3v) is 4.76. The standard InChI is InChI=1S/C18H38N/c1-6-7-13-19(14-16(2)3,15-17(4)5)18-11-9-8-10-12-18/h16-18H,6-15H2,1-5H3/q+1. The largest absolute Gasteiger partial charge is 0.321 e. The van der Waals surface area contributed by atoms with E-state index < -0.39 is 0 Å². The molecule has 1 heteroatoms. The lowest BCUT2D eigenvalue weighted by Gasteiger charge is -2.49. The van der Waals surface area contributed by atoms with Gasteiger partial charge in [0.1, 0.15) is 0 Å². The molecule has 1 rings (SSSR count). The van der Waals surface area contributed by atoms with Crippen molar-refractivity contribution < 1.29 is 4.48 Å². The Morgan fingerprint density at radius 3 is 1.84 bits per heavy atom. The number of rotatable bonds is 8. The summed E-state index contributed by atoms with van der Waals surface area (Å²) in [7, 11) is 0. The van der Waals surface area contributed by atoms with Gasteiger partial charge < -0.3 is 4.48 Å². The first-order chi connectivity index (χ1) is 9.00. The molecule has 1 nitrogen and oxygen atoms in total. The molecule has 0 aromatic heterocycles. The first-order valence-electron chi connectivity index (χ1n) is 8.86. The van der Waals surface area contributed by atoms with E-state index in [1.807, 2.05) is 0 Å². The maximum absolute atomic E-state index is 2.42. The Bertz CT molecular complexity index is 216. The fourth-order valence-electron chi connectivity index (χ4n) is 4.29. The van der Waals surface area contributed by atoms with Crippen molar-refractivity contribution in [3.05, 3.63) is 0 Å². The van der Waals surface area contributed by atoms with Crippen molar-refractivity contribution in [1.29, 1.82) is 0 Å². The van der Waals surface area contributed by atoms with Gasteiger partial charge in [-0.05, 0) is 32.1 Å². The highest BCUT2D eigenvalue weighted by Crippen LogP contribution is 2.31. The molecule has 19 heavy (non-hydrogen) atoms. The van der Waals surface area contributed by atoms with Crippen molar-refractivity contribution in [3.63, 3.8) is 0 Å². The van der Waals surface area contributed by atoms with Crippen molar-refractivity contribution in [3.8, 4) is 0 Å². The molecule has 0 unspecified atom stereocenters. The summed E-state index contributed by atoms with van der Waals surface area (Å²) in [5.41, 5.74) is 0. The third kappa shape index (κ3) is 5.45. The van der Waals surface area contributed by atoms with E-state index in [1.54, 1.807) is 0 Å². The van der Waals surface area contributed by atoms with E-state index in [2.05, 4.69) is 34.6 Å². The maximum Gasteiger partial charge on any atom is 0.0890 e.